The normalized spacial score (nSPS) is 16.0. The molecule has 2 unspecified atom stereocenters. The van der Waals surface area contributed by atoms with Crippen LogP contribution in [0.15, 0.2) is 297 Å². The second kappa shape index (κ2) is 17.5. The highest BCUT2D eigenvalue weighted by Gasteiger charge is 2.49. The Labute approximate surface area is 480 Å². The molecule has 6 heterocycles. The lowest BCUT2D eigenvalue weighted by Crippen LogP contribution is -2.76. The molecule has 2 aliphatic heterocycles. The lowest BCUT2D eigenvalue weighted by molar-refractivity contribution is 0.996. The van der Waals surface area contributed by atoms with Crippen molar-refractivity contribution in [3.63, 3.8) is 0 Å². The van der Waals surface area contributed by atoms with Gasteiger partial charge in [-0.15, -0.1) is 0 Å². The van der Waals surface area contributed by atoms with Gasteiger partial charge in [0, 0.05) is 54.8 Å². The van der Waals surface area contributed by atoms with Crippen molar-refractivity contribution in [1.82, 2.24) is 23.7 Å². The molecule has 2 aliphatic rings. The molecule has 0 saturated carbocycles. The monoisotopic (exact) mass is 1090 g/mol. The highest BCUT2D eigenvalue weighted by molar-refractivity contribution is 7.22. The predicted octanol–water partition coefficient (Wildman–Crippen LogP) is 12.5. The van der Waals surface area contributed by atoms with E-state index in [4.69, 9.17) is 9.97 Å². The molecular weight excluding hydrogens is 1040 g/mol. The highest BCUT2D eigenvalue weighted by Crippen LogP contribution is 2.39. The Morgan fingerprint density at radius 1 is 0.241 bits per heavy atom. The van der Waals surface area contributed by atoms with Crippen LogP contribution in [0.1, 0.15) is 0 Å². The number of rotatable bonds is 7. The van der Waals surface area contributed by atoms with Crippen LogP contribution >= 0.6 is 0 Å². The summed E-state index contributed by atoms with van der Waals surface area (Å²) in [6.07, 6.45) is 0. The first-order chi connectivity index (χ1) is 41.2. The average molecular weight is 1090 g/mol. The second-order valence-electron chi connectivity index (χ2n) is 22.3. The Bertz CT molecular complexity index is 5010. The molecule has 18 rings (SSSR count). The van der Waals surface area contributed by atoms with Crippen molar-refractivity contribution in [3.8, 4) is 39.8 Å². The van der Waals surface area contributed by atoms with Crippen molar-refractivity contribution >= 4 is 123 Å². The molecule has 7 heteroatoms. The van der Waals surface area contributed by atoms with Crippen LogP contribution in [0.4, 0.5) is 0 Å². The SMILES string of the molecule is c1ccc([Si]2(c3ccc(-c4cc(-c5ccc([Si]6(c7ccccc7)c7ccccc7-n7c8ccccc8c8cccc6c87)cc5)nc(-n5c6ccccc6c6ccccc65)n4)cc3)c3ccccc3-n3c4ccccc4c4cccc2c43)cc1. The van der Waals surface area contributed by atoms with Gasteiger partial charge >= 0.3 is 0 Å². The molecule has 0 N–H and O–H groups in total. The van der Waals surface area contributed by atoms with E-state index < -0.39 is 16.1 Å². The van der Waals surface area contributed by atoms with E-state index in [0.29, 0.717) is 5.95 Å². The van der Waals surface area contributed by atoms with Gasteiger partial charge in [-0.3, -0.25) is 4.57 Å². The van der Waals surface area contributed by atoms with E-state index in [0.717, 1.165) is 33.5 Å². The van der Waals surface area contributed by atoms with Gasteiger partial charge < -0.3 is 9.13 Å². The Morgan fingerprint density at radius 3 is 0.976 bits per heavy atom. The summed E-state index contributed by atoms with van der Waals surface area (Å²) in [6.45, 7) is 0. The van der Waals surface area contributed by atoms with Gasteiger partial charge in [0.05, 0.1) is 44.5 Å². The highest BCUT2D eigenvalue weighted by atomic mass is 28.3. The summed E-state index contributed by atoms with van der Waals surface area (Å²) in [6, 6.07) is 111. The molecule has 12 aromatic carbocycles. The topological polar surface area (TPSA) is 40.6 Å². The van der Waals surface area contributed by atoms with Gasteiger partial charge in [-0.05, 0) is 84.0 Å². The number of benzene rings is 12. The number of hydrogen-bond acceptors (Lipinski definition) is 2. The van der Waals surface area contributed by atoms with Crippen molar-refractivity contribution in [2.75, 3.05) is 0 Å². The fourth-order valence-electron chi connectivity index (χ4n) is 15.1. The van der Waals surface area contributed by atoms with Crippen LogP contribution in [0.2, 0.25) is 0 Å². The van der Waals surface area contributed by atoms with Crippen LogP contribution < -0.4 is 41.5 Å². The third kappa shape index (κ3) is 6.24. The summed E-state index contributed by atoms with van der Waals surface area (Å²) in [5, 5.41) is 18.4. The molecule has 4 aromatic heterocycles. The molecule has 2 atom stereocenters. The number of para-hydroxylation sites is 8. The third-order valence-corrected chi connectivity index (χ3v) is 28.1. The van der Waals surface area contributed by atoms with E-state index in [1.54, 1.807) is 0 Å². The van der Waals surface area contributed by atoms with Gasteiger partial charge in [-0.2, -0.15) is 0 Å². The number of aromatic nitrogens is 5. The van der Waals surface area contributed by atoms with Crippen LogP contribution in [0, 0.1) is 0 Å². The summed E-state index contributed by atoms with van der Waals surface area (Å²) in [5.74, 6) is 0.634. The van der Waals surface area contributed by atoms with E-state index >= 15 is 0 Å². The van der Waals surface area contributed by atoms with Gasteiger partial charge in [0.1, 0.15) is 0 Å². The zero-order valence-electron chi connectivity index (χ0n) is 45.0. The van der Waals surface area contributed by atoms with Crippen molar-refractivity contribution in [1.29, 1.82) is 0 Å². The Morgan fingerprint density at radius 2 is 0.554 bits per heavy atom. The summed E-state index contributed by atoms with van der Waals surface area (Å²) in [5.41, 5.74) is 13.5. The molecule has 0 bridgehead atoms. The molecule has 0 amide bonds. The van der Waals surface area contributed by atoms with E-state index in [1.807, 2.05) is 0 Å². The van der Waals surface area contributed by atoms with Gasteiger partial charge in [0.2, 0.25) is 5.95 Å². The Kier molecular flexibility index (Phi) is 9.78. The standard InChI is InChI=1S/C76H49N5Si2/c1-3-21-52(22-4-1)82(70-37-17-15-35-68(70)79-64-31-11-9-27-58(64)60-29-19-39-72(82)74(60)79)54-45-41-50(42-46-54)62-49-63(78-76(77-62)81-66-33-13-7-25-56(66)57-26-8-14-34-67(57)81)51-43-47-55(48-44-51)83(53-23-5-2-6-24-53)71-38-18-16-36-69(71)80-65-32-12-10-28-59(65)61-30-20-40-73(83)75(61)80/h1-49H. The van der Waals surface area contributed by atoms with E-state index in [-0.39, 0.29) is 0 Å². The maximum absolute atomic E-state index is 5.60. The molecule has 0 spiro atoms. The van der Waals surface area contributed by atoms with E-state index in [9.17, 15) is 0 Å². The first-order valence-electron chi connectivity index (χ1n) is 28.7. The van der Waals surface area contributed by atoms with E-state index in [1.165, 1.54) is 107 Å². The number of hydrogen-bond donors (Lipinski definition) is 0. The minimum Gasteiger partial charge on any atom is -0.309 e. The average Bonchev–Trinajstić information content (AvgIpc) is 3.09. The molecule has 0 saturated heterocycles. The third-order valence-electron chi connectivity index (χ3n) is 18.4. The van der Waals surface area contributed by atoms with Crippen LogP contribution in [0.5, 0.6) is 0 Å². The Hall–Kier alpha value is -10.4. The van der Waals surface area contributed by atoms with Gasteiger partial charge in [-0.1, -0.05) is 255 Å². The first kappa shape index (κ1) is 46.3. The smallest absolute Gasteiger partial charge is 0.235 e. The lowest BCUT2D eigenvalue weighted by Gasteiger charge is -2.39. The van der Waals surface area contributed by atoms with E-state index in [2.05, 4.69) is 311 Å². The summed E-state index contributed by atoms with van der Waals surface area (Å²) in [4.78, 5) is 11.2. The maximum atomic E-state index is 5.60. The zero-order valence-corrected chi connectivity index (χ0v) is 47.0. The quantitative estimate of drug-likeness (QED) is 0.149. The van der Waals surface area contributed by atoms with Crippen LogP contribution in [0.3, 0.4) is 0 Å². The van der Waals surface area contributed by atoms with Crippen LogP contribution in [0.25, 0.3) is 105 Å². The van der Waals surface area contributed by atoms with Gasteiger partial charge in [0.15, 0.2) is 16.1 Å². The molecule has 0 fully saturated rings. The fraction of sp³-hybridized carbons (Fsp3) is 0. The lowest BCUT2D eigenvalue weighted by atomic mass is 10.1. The molecule has 16 aromatic rings. The molecule has 5 nitrogen and oxygen atoms in total. The predicted molar refractivity (Wildman–Crippen MR) is 350 cm³/mol. The molecule has 83 heavy (non-hydrogen) atoms. The fourth-order valence-corrected chi connectivity index (χ4v) is 25.3. The zero-order chi connectivity index (χ0) is 54.4. The van der Waals surface area contributed by atoms with Gasteiger partial charge in [0.25, 0.3) is 0 Å². The number of fused-ring (bicyclic) bond motifs is 13. The molecule has 0 radical (unpaired) electrons. The Balaban J connectivity index is 0.846. The van der Waals surface area contributed by atoms with Crippen LogP contribution in [-0.4, -0.2) is 39.8 Å². The molecular formula is C76H49N5Si2. The largest absolute Gasteiger partial charge is 0.309 e. The van der Waals surface area contributed by atoms with Gasteiger partial charge in [-0.25, -0.2) is 9.97 Å². The second-order valence-corrected chi connectivity index (χ2v) is 29.8. The minimum atomic E-state index is -2.94. The summed E-state index contributed by atoms with van der Waals surface area (Å²) in [7, 11) is -5.89. The number of nitrogens with zero attached hydrogens (tertiary/aromatic N) is 5. The summed E-state index contributed by atoms with van der Waals surface area (Å²) < 4.78 is 7.31. The molecule has 0 aliphatic carbocycles. The minimum absolute atomic E-state index is 0.634. The van der Waals surface area contributed by atoms with Crippen molar-refractivity contribution in [2.45, 2.75) is 0 Å². The van der Waals surface area contributed by atoms with Crippen molar-refractivity contribution < 1.29 is 0 Å². The summed E-state index contributed by atoms with van der Waals surface area (Å²) >= 11 is 0. The molecule has 386 valence electrons. The van der Waals surface area contributed by atoms with Crippen molar-refractivity contribution in [3.05, 3.63) is 297 Å². The first-order valence-corrected chi connectivity index (χ1v) is 32.7. The maximum Gasteiger partial charge on any atom is 0.235 e. The van der Waals surface area contributed by atoms with Crippen LogP contribution in [-0.2, 0) is 0 Å². The van der Waals surface area contributed by atoms with Crippen molar-refractivity contribution in [2.24, 2.45) is 0 Å².